The van der Waals surface area contributed by atoms with Crippen molar-refractivity contribution in [2.75, 3.05) is 20.2 Å². The van der Waals surface area contributed by atoms with Crippen LogP contribution in [-0.2, 0) is 0 Å². The van der Waals surface area contributed by atoms with Gasteiger partial charge >= 0.3 is 0 Å². The van der Waals surface area contributed by atoms with Crippen LogP contribution in [-0.4, -0.2) is 20.2 Å². The second-order valence-corrected chi connectivity index (χ2v) is 5.40. The van der Waals surface area contributed by atoms with Gasteiger partial charge in [0.1, 0.15) is 0 Å². The minimum absolute atomic E-state index is 0.243. The van der Waals surface area contributed by atoms with E-state index in [0.29, 0.717) is 17.6 Å². The van der Waals surface area contributed by atoms with Crippen molar-refractivity contribution < 1.29 is 9.13 Å². The Balaban J connectivity index is 2.04. The number of nitrogens with one attached hydrogen (secondary N) is 1. The van der Waals surface area contributed by atoms with Crippen LogP contribution in [0, 0.1) is 11.7 Å². The second-order valence-electron chi connectivity index (χ2n) is 5.40. The molecular weight excluding hydrogens is 241 g/mol. The first kappa shape index (κ1) is 14.3. The SMILES string of the molecule is CCCNCC1CCCC1c1ccc(OC)c(F)c1. The molecule has 2 nitrogen and oxygen atoms in total. The summed E-state index contributed by atoms with van der Waals surface area (Å²) in [4.78, 5) is 0. The van der Waals surface area contributed by atoms with Gasteiger partial charge in [0, 0.05) is 0 Å². The summed E-state index contributed by atoms with van der Waals surface area (Å²) in [7, 11) is 1.51. The van der Waals surface area contributed by atoms with Crippen LogP contribution in [0.25, 0.3) is 0 Å². The van der Waals surface area contributed by atoms with Crippen molar-refractivity contribution in [3.8, 4) is 5.75 Å². The van der Waals surface area contributed by atoms with E-state index in [4.69, 9.17) is 4.74 Å². The highest BCUT2D eigenvalue weighted by molar-refractivity contribution is 5.32. The predicted molar refractivity (Wildman–Crippen MR) is 76.2 cm³/mol. The van der Waals surface area contributed by atoms with E-state index >= 15 is 0 Å². The summed E-state index contributed by atoms with van der Waals surface area (Å²) in [5.41, 5.74) is 1.12. The average Bonchev–Trinajstić information content (AvgIpc) is 2.87. The number of methoxy groups -OCH3 is 1. The van der Waals surface area contributed by atoms with Crippen molar-refractivity contribution in [1.82, 2.24) is 5.32 Å². The molecule has 1 fully saturated rings. The molecule has 0 aromatic heterocycles. The summed E-state index contributed by atoms with van der Waals surface area (Å²) in [6, 6.07) is 5.42. The number of rotatable bonds is 6. The topological polar surface area (TPSA) is 21.3 Å². The van der Waals surface area contributed by atoms with E-state index in [1.165, 1.54) is 26.4 Å². The molecule has 1 aromatic rings. The average molecular weight is 265 g/mol. The molecule has 0 bridgehead atoms. The van der Waals surface area contributed by atoms with Crippen LogP contribution in [0.5, 0.6) is 5.75 Å². The van der Waals surface area contributed by atoms with Gasteiger partial charge in [0.15, 0.2) is 11.6 Å². The highest BCUT2D eigenvalue weighted by Crippen LogP contribution is 2.40. The summed E-state index contributed by atoms with van der Waals surface area (Å²) in [6.45, 7) is 4.30. The maximum atomic E-state index is 13.8. The number of benzene rings is 1. The number of hydrogen-bond acceptors (Lipinski definition) is 2. The van der Waals surface area contributed by atoms with E-state index in [-0.39, 0.29) is 5.82 Å². The lowest BCUT2D eigenvalue weighted by molar-refractivity contribution is 0.384. The standard InChI is InChI=1S/C16H24FNO/c1-3-9-18-11-13-5-4-6-14(13)12-7-8-16(19-2)15(17)10-12/h7-8,10,13-14,18H,3-6,9,11H2,1-2H3. The van der Waals surface area contributed by atoms with Crippen LogP contribution in [0.1, 0.15) is 44.1 Å². The zero-order valence-corrected chi connectivity index (χ0v) is 11.9. The lowest BCUT2D eigenvalue weighted by Crippen LogP contribution is -2.25. The molecule has 1 aliphatic carbocycles. The summed E-state index contributed by atoms with van der Waals surface area (Å²) in [5.74, 6) is 1.22. The smallest absolute Gasteiger partial charge is 0.165 e. The van der Waals surface area contributed by atoms with Crippen molar-refractivity contribution in [1.29, 1.82) is 0 Å². The first-order chi connectivity index (χ1) is 9.26. The highest BCUT2D eigenvalue weighted by Gasteiger charge is 2.28. The normalized spacial score (nSPS) is 22.7. The number of ether oxygens (including phenoxy) is 1. The first-order valence-corrected chi connectivity index (χ1v) is 7.30. The maximum Gasteiger partial charge on any atom is 0.165 e. The maximum absolute atomic E-state index is 13.8. The molecule has 3 heteroatoms. The molecule has 19 heavy (non-hydrogen) atoms. The van der Waals surface area contributed by atoms with Crippen LogP contribution in [0.2, 0.25) is 0 Å². The third kappa shape index (κ3) is 3.47. The van der Waals surface area contributed by atoms with Gasteiger partial charge in [0.25, 0.3) is 0 Å². The zero-order valence-electron chi connectivity index (χ0n) is 11.9. The molecule has 1 saturated carbocycles. The Morgan fingerprint density at radius 2 is 2.21 bits per heavy atom. The molecule has 106 valence electrons. The summed E-state index contributed by atoms with van der Waals surface area (Å²) in [5, 5.41) is 3.50. The largest absolute Gasteiger partial charge is 0.494 e. The molecule has 0 aliphatic heterocycles. The van der Waals surface area contributed by atoms with E-state index in [0.717, 1.165) is 25.1 Å². The highest BCUT2D eigenvalue weighted by atomic mass is 19.1. The molecule has 1 aromatic carbocycles. The Labute approximate surface area is 115 Å². The Kier molecular flexibility index (Phi) is 5.20. The third-order valence-corrected chi connectivity index (χ3v) is 4.10. The molecule has 2 atom stereocenters. The van der Waals surface area contributed by atoms with Gasteiger partial charge in [-0.1, -0.05) is 19.4 Å². The molecule has 0 amide bonds. The van der Waals surface area contributed by atoms with Gasteiger partial charge in [-0.05, 0) is 61.9 Å². The molecule has 2 unspecified atom stereocenters. The monoisotopic (exact) mass is 265 g/mol. The van der Waals surface area contributed by atoms with Gasteiger partial charge in [-0.3, -0.25) is 0 Å². The van der Waals surface area contributed by atoms with Gasteiger partial charge in [0.05, 0.1) is 7.11 Å². The lowest BCUT2D eigenvalue weighted by Gasteiger charge is -2.21. The van der Waals surface area contributed by atoms with E-state index in [2.05, 4.69) is 12.2 Å². The Hall–Kier alpha value is -1.09. The molecule has 0 radical (unpaired) electrons. The van der Waals surface area contributed by atoms with E-state index in [9.17, 15) is 4.39 Å². The molecule has 1 aliphatic rings. The summed E-state index contributed by atoms with van der Waals surface area (Å²) >= 11 is 0. The first-order valence-electron chi connectivity index (χ1n) is 7.30. The second kappa shape index (κ2) is 6.90. The fourth-order valence-corrected chi connectivity index (χ4v) is 3.10. The van der Waals surface area contributed by atoms with Crippen molar-refractivity contribution >= 4 is 0 Å². The lowest BCUT2D eigenvalue weighted by atomic mass is 9.88. The molecule has 0 heterocycles. The molecule has 0 spiro atoms. The van der Waals surface area contributed by atoms with E-state index in [1.54, 1.807) is 12.1 Å². The van der Waals surface area contributed by atoms with Gasteiger partial charge in [-0.25, -0.2) is 4.39 Å². The summed E-state index contributed by atoms with van der Waals surface area (Å²) < 4.78 is 18.8. The zero-order chi connectivity index (χ0) is 13.7. The summed E-state index contributed by atoms with van der Waals surface area (Å²) in [6.07, 6.45) is 4.82. The van der Waals surface area contributed by atoms with E-state index in [1.807, 2.05) is 6.07 Å². The van der Waals surface area contributed by atoms with Gasteiger partial charge in [0.2, 0.25) is 0 Å². The number of halogens is 1. The minimum Gasteiger partial charge on any atom is -0.494 e. The minimum atomic E-state index is -0.243. The fraction of sp³-hybridized carbons (Fsp3) is 0.625. The third-order valence-electron chi connectivity index (χ3n) is 4.10. The Morgan fingerprint density at radius 1 is 1.37 bits per heavy atom. The quantitative estimate of drug-likeness (QED) is 0.792. The van der Waals surface area contributed by atoms with Crippen LogP contribution >= 0.6 is 0 Å². The molecular formula is C16H24FNO. The van der Waals surface area contributed by atoms with Crippen LogP contribution in [0.15, 0.2) is 18.2 Å². The van der Waals surface area contributed by atoms with Crippen molar-refractivity contribution in [2.45, 2.75) is 38.5 Å². The fourth-order valence-electron chi connectivity index (χ4n) is 3.10. The Morgan fingerprint density at radius 3 is 2.89 bits per heavy atom. The predicted octanol–water partition coefficient (Wildman–Crippen LogP) is 3.72. The van der Waals surface area contributed by atoms with E-state index < -0.39 is 0 Å². The van der Waals surface area contributed by atoms with Gasteiger partial charge < -0.3 is 10.1 Å². The Bertz CT molecular complexity index is 408. The van der Waals surface area contributed by atoms with Crippen molar-refractivity contribution in [2.24, 2.45) is 5.92 Å². The molecule has 1 N–H and O–H groups in total. The molecule has 2 rings (SSSR count). The van der Waals surface area contributed by atoms with Crippen molar-refractivity contribution in [3.05, 3.63) is 29.6 Å². The molecule has 0 saturated heterocycles. The van der Waals surface area contributed by atoms with Gasteiger partial charge in [-0.15, -0.1) is 0 Å². The van der Waals surface area contributed by atoms with Crippen LogP contribution < -0.4 is 10.1 Å². The van der Waals surface area contributed by atoms with Crippen LogP contribution in [0.3, 0.4) is 0 Å². The van der Waals surface area contributed by atoms with Crippen molar-refractivity contribution in [3.63, 3.8) is 0 Å². The number of hydrogen-bond donors (Lipinski definition) is 1. The van der Waals surface area contributed by atoms with Crippen LogP contribution in [0.4, 0.5) is 4.39 Å². The van der Waals surface area contributed by atoms with Gasteiger partial charge in [-0.2, -0.15) is 0 Å².